The van der Waals surface area contributed by atoms with E-state index in [2.05, 4.69) is 29.0 Å². The molecule has 0 atom stereocenters. The highest BCUT2D eigenvalue weighted by Crippen LogP contribution is 2.26. The van der Waals surface area contributed by atoms with E-state index in [1.165, 1.54) is 6.07 Å². The third-order valence-corrected chi connectivity index (χ3v) is 4.54. The largest absolute Gasteiger partial charge is 0.357 e. The van der Waals surface area contributed by atoms with Gasteiger partial charge in [-0.05, 0) is 62.7 Å². The van der Waals surface area contributed by atoms with Gasteiger partial charge in [-0.15, -0.1) is 0 Å². The summed E-state index contributed by atoms with van der Waals surface area (Å²) < 4.78 is 27.6. The van der Waals surface area contributed by atoms with Gasteiger partial charge in [0.25, 0.3) is 5.91 Å². The molecule has 0 spiro atoms. The highest BCUT2D eigenvalue weighted by atomic mass is 19.1. The summed E-state index contributed by atoms with van der Waals surface area (Å²) in [5.41, 5.74) is 1.67. The summed E-state index contributed by atoms with van der Waals surface area (Å²) in [6, 6.07) is 10.6. The van der Waals surface area contributed by atoms with Crippen LogP contribution in [0.25, 0.3) is 10.9 Å². The second-order valence-electron chi connectivity index (χ2n) is 6.25. The van der Waals surface area contributed by atoms with Crippen LogP contribution in [0.1, 0.15) is 29.8 Å². The van der Waals surface area contributed by atoms with Crippen molar-refractivity contribution >= 4 is 28.3 Å². The molecule has 2 aromatic carbocycles. The van der Waals surface area contributed by atoms with E-state index in [1.54, 1.807) is 18.2 Å². The first-order valence-corrected chi connectivity index (χ1v) is 8.86. The number of pyridine rings is 1. The highest BCUT2D eigenvalue weighted by Gasteiger charge is 2.17. The number of aromatic nitrogens is 1. The Kier molecular flexibility index (Phi) is 5.35. The predicted molar refractivity (Wildman–Crippen MR) is 104 cm³/mol. The Balaban J connectivity index is 1.94. The van der Waals surface area contributed by atoms with Gasteiger partial charge in [-0.2, -0.15) is 0 Å². The van der Waals surface area contributed by atoms with E-state index >= 15 is 0 Å². The van der Waals surface area contributed by atoms with Crippen molar-refractivity contribution in [3.8, 4) is 0 Å². The summed E-state index contributed by atoms with van der Waals surface area (Å²) in [5.74, 6) is -1.71. The zero-order chi connectivity index (χ0) is 19.6. The number of nitrogens with one attached hydrogen (secondary N) is 1. The normalized spacial score (nSPS) is 10.9. The summed E-state index contributed by atoms with van der Waals surface area (Å²) in [6.07, 6.45) is 0. The monoisotopic (exact) mass is 369 g/mol. The SMILES string of the molecule is CCN(CC)c1cc(C)c2cc(NC(=O)c3c(F)cccc3F)ccc2n1. The van der Waals surface area contributed by atoms with Crippen LogP contribution in [-0.2, 0) is 0 Å². The van der Waals surface area contributed by atoms with Crippen molar-refractivity contribution in [3.05, 3.63) is 65.2 Å². The van der Waals surface area contributed by atoms with E-state index in [9.17, 15) is 13.6 Å². The third-order valence-electron chi connectivity index (χ3n) is 4.54. The lowest BCUT2D eigenvalue weighted by Crippen LogP contribution is -2.23. The molecule has 0 fully saturated rings. The first-order valence-electron chi connectivity index (χ1n) is 8.86. The first-order chi connectivity index (χ1) is 12.9. The predicted octanol–water partition coefficient (Wildman–Crippen LogP) is 4.92. The number of halogens is 2. The Bertz CT molecular complexity index is 980. The number of rotatable bonds is 5. The number of carbonyl (C=O) groups excluding carboxylic acids is 1. The molecule has 27 heavy (non-hydrogen) atoms. The van der Waals surface area contributed by atoms with E-state index in [-0.39, 0.29) is 0 Å². The minimum Gasteiger partial charge on any atom is -0.357 e. The number of benzene rings is 2. The van der Waals surface area contributed by atoms with Gasteiger partial charge in [0.05, 0.1) is 5.52 Å². The number of fused-ring (bicyclic) bond motifs is 1. The molecule has 0 aliphatic rings. The molecule has 0 aliphatic carbocycles. The molecular formula is C21H21F2N3O. The van der Waals surface area contributed by atoms with E-state index in [4.69, 9.17) is 0 Å². The minimum absolute atomic E-state index is 0.454. The minimum atomic E-state index is -0.894. The van der Waals surface area contributed by atoms with Crippen molar-refractivity contribution in [2.24, 2.45) is 0 Å². The first kappa shape index (κ1) is 18.8. The van der Waals surface area contributed by atoms with Gasteiger partial charge in [-0.3, -0.25) is 4.79 Å². The van der Waals surface area contributed by atoms with Gasteiger partial charge in [0.2, 0.25) is 0 Å². The van der Waals surface area contributed by atoms with Gasteiger partial charge in [0, 0.05) is 24.2 Å². The molecule has 0 aliphatic heterocycles. The van der Waals surface area contributed by atoms with E-state index < -0.39 is 23.1 Å². The molecule has 0 unspecified atom stereocenters. The molecule has 1 N–H and O–H groups in total. The van der Waals surface area contributed by atoms with Crippen LogP contribution in [0.3, 0.4) is 0 Å². The maximum atomic E-state index is 13.8. The fraction of sp³-hybridized carbons (Fsp3) is 0.238. The van der Waals surface area contributed by atoms with Crippen LogP contribution in [0.5, 0.6) is 0 Å². The summed E-state index contributed by atoms with van der Waals surface area (Å²) in [4.78, 5) is 19.1. The number of aryl methyl sites for hydroxylation is 1. The van der Waals surface area contributed by atoms with Gasteiger partial charge in [-0.1, -0.05) is 6.07 Å². The topological polar surface area (TPSA) is 45.2 Å². The molecule has 1 amide bonds. The Labute approximate surface area is 156 Å². The zero-order valence-electron chi connectivity index (χ0n) is 15.5. The average molecular weight is 369 g/mol. The molecule has 0 bridgehead atoms. The van der Waals surface area contributed by atoms with Gasteiger partial charge < -0.3 is 10.2 Å². The molecule has 0 saturated carbocycles. The fourth-order valence-electron chi connectivity index (χ4n) is 3.07. The maximum absolute atomic E-state index is 13.8. The Hall–Kier alpha value is -3.02. The van der Waals surface area contributed by atoms with Crippen LogP contribution < -0.4 is 10.2 Å². The standard InChI is InChI=1S/C21H21F2N3O/c1-4-26(5-2)19-11-13(3)15-12-14(9-10-18(15)25-19)24-21(27)20-16(22)7-6-8-17(20)23/h6-12H,4-5H2,1-3H3,(H,24,27). The number of hydrogen-bond acceptors (Lipinski definition) is 3. The Morgan fingerprint density at radius 2 is 1.74 bits per heavy atom. The number of anilines is 2. The van der Waals surface area contributed by atoms with Gasteiger partial charge >= 0.3 is 0 Å². The van der Waals surface area contributed by atoms with Crippen molar-refractivity contribution in [1.29, 1.82) is 0 Å². The fourth-order valence-corrected chi connectivity index (χ4v) is 3.07. The number of nitrogens with zero attached hydrogens (tertiary/aromatic N) is 2. The van der Waals surface area contributed by atoms with Crippen molar-refractivity contribution < 1.29 is 13.6 Å². The van der Waals surface area contributed by atoms with Crippen LogP contribution >= 0.6 is 0 Å². The second-order valence-corrected chi connectivity index (χ2v) is 6.25. The van der Waals surface area contributed by atoms with Crippen molar-refractivity contribution in [2.45, 2.75) is 20.8 Å². The Morgan fingerprint density at radius 3 is 2.37 bits per heavy atom. The van der Waals surface area contributed by atoms with Crippen LogP contribution in [0.4, 0.5) is 20.3 Å². The summed E-state index contributed by atoms with van der Waals surface area (Å²) in [7, 11) is 0. The van der Waals surface area contributed by atoms with Crippen molar-refractivity contribution in [3.63, 3.8) is 0 Å². The number of carbonyl (C=O) groups is 1. The molecule has 140 valence electrons. The van der Waals surface area contributed by atoms with Gasteiger partial charge in [0.15, 0.2) is 0 Å². The molecule has 0 saturated heterocycles. The number of amides is 1. The zero-order valence-corrected chi connectivity index (χ0v) is 15.5. The third kappa shape index (κ3) is 3.74. The molecule has 6 heteroatoms. The molecule has 1 aromatic heterocycles. The smallest absolute Gasteiger partial charge is 0.261 e. The van der Waals surface area contributed by atoms with Crippen molar-refractivity contribution in [1.82, 2.24) is 4.98 Å². The summed E-state index contributed by atoms with van der Waals surface area (Å²) in [6.45, 7) is 7.84. The van der Waals surface area contributed by atoms with Crippen LogP contribution in [0.2, 0.25) is 0 Å². The molecular weight excluding hydrogens is 348 g/mol. The number of hydrogen-bond donors (Lipinski definition) is 1. The van der Waals surface area contributed by atoms with Crippen LogP contribution in [0, 0.1) is 18.6 Å². The molecule has 1 heterocycles. The molecule has 0 radical (unpaired) electrons. The van der Waals surface area contributed by atoms with Gasteiger partial charge in [0.1, 0.15) is 23.0 Å². The molecule has 3 rings (SSSR count). The van der Waals surface area contributed by atoms with E-state index in [0.717, 1.165) is 47.5 Å². The highest BCUT2D eigenvalue weighted by molar-refractivity contribution is 6.05. The van der Waals surface area contributed by atoms with E-state index in [0.29, 0.717) is 5.69 Å². The van der Waals surface area contributed by atoms with Crippen LogP contribution in [0.15, 0.2) is 42.5 Å². The molecule has 3 aromatic rings. The molecule has 4 nitrogen and oxygen atoms in total. The lowest BCUT2D eigenvalue weighted by molar-refractivity contribution is 0.101. The second kappa shape index (κ2) is 7.70. The quantitative estimate of drug-likeness (QED) is 0.694. The summed E-state index contributed by atoms with van der Waals surface area (Å²) >= 11 is 0. The van der Waals surface area contributed by atoms with Gasteiger partial charge in [-0.25, -0.2) is 13.8 Å². The van der Waals surface area contributed by atoms with Crippen LogP contribution in [-0.4, -0.2) is 24.0 Å². The summed E-state index contributed by atoms with van der Waals surface area (Å²) in [5, 5.41) is 3.43. The Morgan fingerprint density at radius 1 is 1.07 bits per heavy atom. The maximum Gasteiger partial charge on any atom is 0.261 e. The van der Waals surface area contributed by atoms with E-state index in [1.807, 2.05) is 13.0 Å². The van der Waals surface area contributed by atoms with Crippen molar-refractivity contribution in [2.75, 3.05) is 23.3 Å². The average Bonchev–Trinajstić information content (AvgIpc) is 2.63. The lowest BCUT2D eigenvalue weighted by atomic mass is 10.1. The lowest BCUT2D eigenvalue weighted by Gasteiger charge is -2.21.